The van der Waals surface area contributed by atoms with E-state index in [1.54, 1.807) is 11.3 Å². The molecule has 2 aromatic heterocycles. The molecule has 4 aromatic rings. The van der Waals surface area contributed by atoms with Crippen molar-refractivity contribution in [2.45, 2.75) is 46.1 Å². The number of nitriles is 1. The number of thiophene rings is 1. The Morgan fingerprint density at radius 3 is 2.69 bits per heavy atom. The van der Waals surface area contributed by atoms with Crippen LogP contribution in [0, 0.1) is 25.2 Å². The fourth-order valence-corrected chi connectivity index (χ4v) is 6.35. The molecule has 1 aliphatic rings. The molecule has 1 aliphatic carbocycles. The smallest absolute Gasteiger partial charge is 0.257 e. The van der Waals surface area contributed by atoms with Crippen molar-refractivity contribution >= 4 is 50.5 Å². The summed E-state index contributed by atoms with van der Waals surface area (Å²) in [6.07, 6.45) is 4.18. The number of amides is 1. The Labute approximate surface area is 214 Å². The van der Waals surface area contributed by atoms with Crippen LogP contribution in [0.4, 0.5) is 5.00 Å². The summed E-state index contributed by atoms with van der Waals surface area (Å²) < 4.78 is 2.29. The molecule has 35 heavy (non-hydrogen) atoms. The lowest BCUT2D eigenvalue weighted by Crippen LogP contribution is -2.34. The van der Waals surface area contributed by atoms with Crippen molar-refractivity contribution in [3.8, 4) is 6.07 Å². The third kappa shape index (κ3) is 4.47. The number of nitrogens with zero attached hydrogens (tertiary/aromatic N) is 2. The van der Waals surface area contributed by atoms with Crippen LogP contribution in [0.1, 0.15) is 56.0 Å². The number of anilines is 1. The van der Waals surface area contributed by atoms with Crippen LogP contribution in [0.15, 0.2) is 48.5 Å². The van der Waals surface area contributed by atoms with E-state index >= 15 is 0 Å². The molecule has 0 spiro atoms. The van der Waals surface area contributed by atoms with E-state index in [0.29, 0.717) is 11.1 Å². The number of aromatic nitrogens is 1. The highest BCUT2D eigenvalue weighted by Crippen LogP contribution is 2.37. The van der Waals surface area contributed by atoms with E-state index in [4.69, 9.17) is 12.2 Å². The second kappa shape index (κ2) is 9.65. The molecule has 5 rings (SSSR count). The summed E-state index contributed by atoms with van der Waals surface area (Å²) in [5.74, 6) is -0.267. The number of nitrogens with one attached hydrogen (secondary N) is 2. The molecule has 5 nitrogen and oxygen atoms in total. The van der Waals surface area contributed by atoms with Crippen LogP contribution in [0.5, 0.6) is 0 Å². The standard InChI is InChI=1S/C28H26N4OS2/c1-17-18(2)32(16-19-8-4-3-5-9-19)24-13-12-20(14-22(17)24)26(33)30-28(34)31-27-23(15-29)21-10-6-7-11-25(21)35-27/h3-5,8-9,12-14H,6-7,10-11,16H2,1-2H3,(H2,30,31,33,34). The molecular weight excluding hydrogens is 472 g/mol. The summed E-state index contributed by atoms with van der Waals surface area (Å²) in [6, 6.07) is 18.5. The lowest BCUT2D eigenvalue weighted by Gasteiger charge is -2.10. The molecule has 0 fully saturated rings. The van der Waals surface area contributed by atoms with Crippen LogP contribution in [0.3, 0.4) is 0 Å². The minimum Gasteiger partial charge on any atom is -0.340 e. The van der Waals surface area contributed by atoms with Crippen LogP contribution >= 0.6 is 23.6 Å². The van der Waals surface area contributed by atoms with Crippen molar-refractivity contribution in [2.24, 2.45) is 0 Å². The van der Waals surface area contributed by atoms with E-state index in [2.05, 4.69) is 47.3 Å². The molecule has 7 heteroatoms. The molecule has 0 aliphatic heterocycles. The molecule has 0 radical (unpaired) electrons. The first-order chi connectivity index (χ1) is 17.0. The molecule has 0 unspecified atom stereocenters. The van der Waals surface area contributed by atoms with Gasteiger partial charge in [-0.2, -0.15) is 5.26 Å². The van der Waals surface area contributed by atoms with E-state index in [0.717, 1.165) is 59.3 Å². The lowest BCUT2D eigenvalue weighted by molar-refractivity contribution is 0.0978. The number of carbonyl (C=O) groups is 1. The van der Waals surface area contributed by atoms with Gasteiger partial charge >= 0.3 is 0 Å². The first-order valence-corrected chi connectivity index (χ1v) is 13.0. The van der Waals surface area contributed by atoms with E-state index in [1.165, 1.54) is 16.1 Å². The van der Waals surface area contributed by atoms with Crippen LogP contribution in [-0.2, 0) is 19.4 Å². The molecule has 1 amide bonds. The van der Waals surface area contributed by atoms with E-state index in [9.17, 15) is 10.1 Å². The van der Waals surface area contributed by atoms with Crippen molar-refractivity contribution in [3.05, 3.63) is 86.9 Å². The van der Waals surface area contributed by atoms with E-state index in [1.807, 2.05) is 36.4 Å². The third-order valence-corrected chi connectivity index (χ3v) is 8.23. The summed E-state index contributed by atoms with van der Waals surface area (Å²) in [4.78, 5) is 14.3. The first kappa shape index (κ1) is 23.3. The topological polar surface area (TPSA) is 69.8 Å². The quantitative estimate of drug-likeness (QED) is 0.327. The van der Waals surface area contributed by atoms with Gasteiger partial charge in [0.25, 0.3) is 5.91 Å². The molecule has 0 bridgehead atoms. The summed E-state index contributed by atoms with van der Waals surface area (Å²) in [5.41, 5.74) is 7.03. The van der Waals surface area contributed by atoms with Gasteiger partial charge in [-0.15, -0.1) is 11.3 Å². The Bertz CT molecular complexity index is 1490. The molecule has 176 valence electrons. The van der Waals surface area contributed by atoms with E-state index < -0.39 is 0 Å². The fourth-order valence-electron chi connectivity index (χ4n) is 4.84. The highest BCUT2D eigenvalue weighted by atomic mass is 32.1. The predicted molar refractivity (Wildman–Crippen MR) is 146 cm³/mol. The maximum Gasteiger partial charge on any atom is 0.257 e. The predicted octanol–water partition coefficient (Wildman–Crippen LogP) is 6.25. The molecule has 2 heterocycles. The summed E-state index contributed by atoms with van der Waals surface area (Å²) >= 11 is 7.00. The van der Waals surface area contributed by atoms with Gasteiger partial charge in [-0.3, -0.25) is 10.1 Å². The Hall–Kier alpha value is -3.47. The summed E-state index contributed by atoms with van der Waals surface area (Å²) in [6.45, 7) is 4.99. The maximum absolute atomic E-state index is 13.0. The van der Waals surface area contributed by atoms with Gasteiger partial charge in [-0.1, -0.05) is 30.3 Å². The highest BCUT2D eigenvalue weighted by molar-refractivity contribution is 7.80. The monoisotopic (exact) mass is 498 g/mol. The van der Waals surface area contributed by atoms with Crippen molar-refractivity contribution in [1.82, 2.24) is 9.88 Å². The van der Waals surface area contributed by atoms with Crippen LogP contribution < -0.4 is 10.6 Å². The first-order valence-electron chi connectivity index (χ1n) is 11.8. The molecule has 2 N–H and O–H groups in total. The fraction of sp³-hybridized carbons (Fsp3) is 0.250. The van der Waals surface area contributed by atoms with Gasteiger partial charge in [0.05, 0.1) is 5.56 Å². The number of hydrogen-bond acceptors (Lipinski definition) is 4. The Kier molecular flexibility index (Phi) is 6.42. The van der Waals surface area contributed by atoms with Gasteiger partial charge in [0.1, 0.15) is 11.1 Å². The van der Waals surface area contributed by atoms with Gasteiger partial charge < -0.3 is 9.88 Å². The minimum atomic E-state index is -0.267. The van der Waals surface area contributed by atoms with Crippen LogP contribution in [0.2, 0.25) is 0 Å². The second-order valence-electron chi connectivity index (χ2n) is 8.95. The highest BCUT2D eigenvalue weighted by Gasteiger charge is 2.22. The SMILES string of the molecule is Cc1c(C)n(Cc2ccccc2)c2ccc(C(=O)NC(=S)Nc3sc4c(c3C#N)CCCC4)cc12. The molecule has 0 atom stereocenters. The minimum absolute atomic E-state index is 0.208. The normalized spacial score (nSPS) is 12.7. The Balaban J connectivity index is 1.35. The zero-order valence-corrected chi connectivity index (χ0v) is 21.4. The number of benzene rings is 2. The van der Waals surface area contributed by atoms with Gasteiger partial charge in [0, 0.05) is 33.6 Å². The van der Waals surface area contributed by atoms with E-state index in [-0.39, 0.29) is 11.0 Å². The molecule has 0 saturated heterocycles. The van der Waals surface area contributed by atoms with Crippen LogP contribution in [0.25, 0.3) is 10.9 Å². The lowest BCUT2D eigenvalue weighted by atomic mass is 9.96. The van der Waals surface area contributed by atoms with Gasteiger partial charge in [0.2, 0.25) is 0 Å². The number of rotatable bonds is 4. The van der Waals surface area contributed by atoms with Crippen molar-refractivity contribution in [3.63, 3.8) is 0 Å². The average Bonchev–Trinajstić information content (AvgIpc) is 3.33. The number of carbonyl (C=O) groups excluding carboxylic acids is 1. The second-order valence-corrected chi connectivity index (χ2v) is 10.5. The van der Waals surface area contributed by atoms with Crippen molar-refractivity contribution in [2.75, 3.05) is 5.32 Å². The Morgan fingerprint density at radius 2 is 1.91 bits per heavy atom. The number of fused-ring (bicyclic) bond motifs is 2. The number of hydrogen-bond donors (Lipinski definition) is 2. The largest absolute Gasteiger partial charge is 0.340 e. The van der Waals surface area contributed by atoms with Crippen LogP contribution in [-0.4, -0.2) is 15.6 Å². The zero-order valence-electron chi connectivity index (χ0n) is 19.8. The molecule has 2 aromatic carbocycles. The van der Waals surface area contributed by atoms with Gasteiger partial charge in [0.15, 0.2) is 5.11 Å². The Morgan fingerprint density at radius 1 is 1.14 bits per heavy atom. The third-order valence-electron chi connectivity index (χ3n) is 6.82. The van der Waals surface area contributed by atoms with Crippen molar-refractivity contribution in [1.29, 1.82) is 5.26 Å². The maximum atomic E-state index is 13.0. The molecular formula is C28H26N4OS2. The summed E-state index contributed by atoms with van der Waals surface area (Å²) in [5, 5.41) is 17.6. The number of thiocarbonyl (C=S) groups is 1. The zero-order chi connectivity index (χ0) is 24.5. The number of aryl methyl sites for hydroxylation is 2. The van der Waals surface area contributed by atoms with Crippen molar-refractivity contribution < 1.29 is 4.79 Å². The van der Waals surface area contributed by atoms with Gasteiger partial charge in [-0.05, 0) is 86.6 Å². The summed E-state index contributed by atoms with van der Waals surface area (Å²) in [7, 11) is 0. The van der Waals surface area contributed by atoms with Gasteiger partial charge in [-0.25, -0.2) is 0 Å². The molecule has 0 saturated carbocycles. The average molecular weight is 499 g/mol.